The second-order valence-corrected chi connectivity index (χ2v) is 22.0. The Labute approximate surface area is 494 Å². The first-order valence-corrected chi connectivity index (χ1v) is 33.5. The average molecular weight is 1110 g/mol. The lowest BCUT2D eigenvalue weighted by atomic mass is 10.0. The quantitative estimate of drug-likeness (QED) is 0.0261. The third kappa shape index (κ3) is 64.6. The van der Waals surface area contributed by atoms with Crippen LogP contribution in [0.3, 0.4) is 0 Å². The van der Waals surface area contributed by atoms with Crippen LogP contribution in [0, 0.1) is 0 Å². The summed E-state index contributed by atoms with van der Waals surface area (Å²) in [7, 11) is 0. The van der Waals surface area contributed by atoms with E-state index < -0.39 is 6.10 Å². The summed E-state index contributed by atoms with van der Waals surface area (Å²) >= 11 is 0. The first-order valence-electron chi connectivity index (χ1n) is 33.5. The van der Waals surface area contributed by atoms with E-state index in [4.69, 9.17) is 14.2 Å². The second kappa shape index (κ2) is 67.3. The fourth-order valence-electron chi connectivity index (χ4n) is 9.21. The lowest BCUT2D eigenvalue weighted by molar-refractivity contribution is -0.167. The summed E-state index contributed by atoms with van der Waals surface area (Å²) in [5.74, 6) is -0.960. The minimum Gasteiger partial charge on any atom is -0.462 e. The molecule has 0 N–H and O–H groups in total. The number of esters is 3. The van der Waals surface area contributed by atoms with Crippen LogP contribution in [-0.2, 0) is 28.6 Å². The van der Waals surface area contributed by atoms with Crippen LogP contribution < -0.4 is 0 Å². The van der Waals surface area contributed by atoms with Crippen molar-refractivity contribution in [1.82, 2.24) is 0 Å². The maximum absolute atomic E-state index is 12.9. The number of carbonyl (C=O) groups excluding carboxylic acids is 3. The molecule has 0 aliphatic carbocycles. The predicted octanol–water partition coefficient (Wildman–Crippen LogP) is 23.2. The van der Waals surface area contributed by atoms with Crippen LogP contribution in [-0.4, -0.2) is 37.2 Å². The molecular formula is C74H124O6. The van der Waals surface area contributed by atoms with Gasteiger partial charge in [-0.25, -0.2) is 0 Å². The summed E-state index contributed by atoms with van der Waals surface area (Å²) < 4.78 is 16.9. The van der Waals surface area contributed by atoms with E-state index in [2.05, 4.69) is 142 Å². The summed E-state index contributed by atoms with van der Waals surface area (Å²) in [5, 5.41) is 0. The van der Waals surface area contributed by atoms with E-state index in [0.717, 1.165) is 109 Å². The number of ether oxygens (including phenoxy) is 3. The highest BCUT2D eigenvalue weighted by Gasteiger charge is 2.19. The Balaban J connectivity index is 4.45. The summed E-state index contributed by atoms with van der Waals surface area (Å²) in [5.41, 5.74) is 0. The van der Waals surface area contributed by atoms with Crippen molar-refractivity contribution in [3.63, 3.8) is 0 Å². The Morgan fingerprint density at radius 2 is 0.500 bits per heavy atom. The number of hydrogen-bond acceptors (Lipinski definition) is 6. The highest BCUT2D eigenvalue weighted by molar-refractivity contribution is 5.71. The standard InChI is InChI=1S/C74H124O6/c1-4-7-10-13-16-19-22-25-28-30-32-33-34-35-36-37-38-39-40-41-42-44-46-49-52-55-58-61-64-67-73(76)79-70-71(69-78-72(75)66-63-60-57-54-51-48-45-27-24-21-18-15-12-9-6-3)80-74(77)68-65-62-59-56-53-50-47-43-31-29-26-23-20-17-14-11-8-5-2/h7,10,16,19,25,27-28,32-33,35-36,38-39,41-42,45-46,49,55,58,71H,4-6,8-9,11-15,17-18,20-24,26,29-31,34,37,40,43-44,47-48,50-54,56-57,59-70H2,1-3H3/b10-7-,19-16-,28-25-,33-32-,36-35-,39-38-,42-41-,45-27-,49-46-,58-55-. The highest BCUT2D eigenvalue weighted by Crippen LogP contribution is 2.16. The van der Waals surface area contributed by atoms with Gasteiger partial charge in [-0.2, -0.15) is 0 Å². The number of rotatable bonds is 60. The molecule has 0 radical (unpaired) electrons. The van der Waals surface area contributed by atoms with Crippen molar-refractivity contribution in [2.75, 3.05) is 13.2 Å². The maximum Gasteiger partial charge on any atom is 0.306 e. The lowest BCUT2D eigenvalue weighted by Crippen LogP contribution is -2.30. The van der Waals surface area contributed by atoms with Crippen LogP contribution in [0.4, 0.5) is 0 Å². The molecule has 1 atom stereocenters. The molecule has 0 heterocycles. The molecule has 1 unspecified atom stereocenters. The first kappa shape index (κ1) is 75.8. The molecule has 456 valence electrons. The zero-order valence-electron chi connectivity index (χ0n) is 52.3. The first-order chi connectivity index (χ1) is 39.5. The van der Waals surface area contributed by atoms with Gasteiger partial charge >= 0.3 is 17.9 Å². The van der Waals surface area contributed by atoms with E-state index in [0.29, 0.717) is 19.3 Å². The van der Waals surface area contributed by atoms with Crippen LogP contribution in [0.15, 0.2) is 122 Å². The van der Waals surface area contributed by atoms with Gasteiger partial charge in [0.25, 0.3) is 0 Å². The van der Waals surface area contributed by atoms with Gasteiger partial charge in [0.1, 0.15) is 13.2 Å². The van der Waals surface area contributed by atoms with Gasteiger partial charge in [0.2, 0.25) is 0 Å². The summed E-state index contributed by atoms with van der Waals surface area (Å²) in [6.45, 7) is 6.50. The monoisotopic (exact) mass is 1110 g/mol. The Morgan fingerprint density at radius 1 is 0.263 bits per heavy atom. The van der Waals surface area contributed by atoms with Crippen molar-refractivity contribution >= 4 is 17.9 Å². The SMILES string of the molecule is CC/C=C\C/C=C\C/C=C\C/C=C\C/C=C\C/C=C\C/C=C\C/C=C\C/C=C\CCCC(=O)OCC(COC(=O)CCCCCCC/C=C\CCCCCCCC)OC(=O)CCCCCCCCCCCCCCCCCCCC. The normalized spacial score (nSPS) is 12.9. The number of carbonyl (C=O) groups is 3. The van der Waals surface area contributed by atoms with Gasteiger partial charge in [-0.3, -0.25) is 14.4 Å². The van der Waals surface area contributed by atoms with Crippen LogP contribution in [0.25, 0.3) is 0 Å². The van der Waals surface area contributed by atoms with Gasteiger partial charge in [-0.05, 0) is 109 Å². The molecule has 0 aliphatic rings. The van der Waals surface area contributed by atoms with Gasteiger partial charge in [0.05, 0.1) is 0 Å². The molecule has 6 nitrogen and oxygen atoms in total. The molecule has 0 saturated carbocycles. The van der Waals surface area contributed by atoms with E-state index in [-0.39, 0.29) is 37.5 Å². The fraction of sp³-hybridized carbons (Fsp3) is 0.689. The van der Waals surface area contributed by atoms with Gasteiger partial charge in [-0.15, -0.1) is 0 Å². The van der Waals surface area contributed by atoms with Crippen LogP contribution in [0.1, 0.15) is 310 Å². The fourth-order valence-corrected chi connectivity index (χ4v) is 9.21. The molecule has 0 saturated heterocycles. The van der Waals surface area contributed by atoms with Crippen molar-refractivity contribution in [1.29, 1.82) is 0 Å². The smallest absolute Gasteiger partial charge is 0.306 e. The molecule has 80 heavy (non-hydrogen) atoms. The molecule has 0 aromatic rings. The number of unbranched alkanes of at least 4 members (excludes halogenated alkanes) is 29. The summed E-state index contributed by atoms with van der Waals surface area (Å²) in [6.07, 6.45) is 93.6. The summed E-state index contributed by atoms with van der Waals surface area (Å²) in [4.78, 5) is 38.3. The van der Waals surface area contributed by atoms with Crippen molar-refractivity contribution in [2.24, 2.45) is 0 Å². The third-order valence-corrected chi connectivity index (χ3v) is 14.2. The Morgan fingerprint density at radius 3 is 0.825 bits per heavy atom. The van der Waals surface area contributed by atoms with Gasteiger partial charge in [0, 0.05) is 19.3 Å². The Kier molecular flexibility index (Phi) is 63.8. The van der Waals surface area contributed by atoms with Crippen LogP contribution in [0.2, 0.25) is 0 Å². The van der Waals surface area contributed by atoms with E-state index in [1.54, 1.807) is 0 Å². The molecule has 0 aromatic heterocycles. The van der Waals surface area contributed by atoms with Crippen molar-refractivity contribution in [3.05, 3.63) is 122 Å². The van der Waals surface area contributed by atoms with Crippen LogP contribution in [0.5, 0.6) is 0 Å². The van der Waals surface area contributed by atoms with Crippen molar-refractivity contribution in [3.8, 4) is 0 Å². The zero-order valence-corrected chi connectivity index (χ0v) is 52.3. The predicted molar refractivity (Wildman–Crippen MR) is 348 cm³/mol. The molecule has 0 amide bonds. The number of allylic oxidation sites excluding steroid dienone is 20. The maximum atomic E-state index is 12.9. The van der Waals surface area contributed by atoms with Crippen molar-refractivity contribution < 1.29 is 28.6 Å². The zero-order chi connectivity index (χ0) is 57.8. The molecule has 0 rings (SSSR count). The van der Waals surface area contributed by atoms with E-state index in [1.807, 2.05) is 0 Å². The molecular weight excluding hydrogens is 985 g/mol. The second-order valence-electron chi connectivity index (χ2n) is 22.0. The molecule has 0 fully saturated rings. The molecule has 0 aliphatic heterocycles. The van der Waals surface area contributed by atoms with E-state index >= 15 is 0 Å². The van der Waals surface area contributed by atoms with Crippen LogP contribution >= 0.6 is 0 Å². The summed E-state index contributed by atoms with van der Waals surface area (Å²) in [6, 6.07) is 0. The number of hydrogen-bond donors (Lipinski definition) is 0. The minimum atomic E-state index is -0.807. The largest absolute Gasteiger partial charge is 0.462 e. The third-order valence-electron chi connectivity index (χ3n) is 14.2. The van der Waals surface area contributed by atoms with Crippen molar-refractivity contribution in [2.45, 2.75) is 316 Å². The van der Waals surface area contributed by atoms with Gasteiger partial charge in [-0.1, -0.05) is 303 Å². The minimum absolute atomic E-state index is 0.0996. The van der Waals surface area contributed by atoms with Gasteiger partial charge < -0.3 is 14.2 Å². The average Bonchev–Trinajstić information content (AvgIpc) is 3.46. The van der Waals surface area contributed by atoms with E-state index in [1.165, 1.54) is 154 Å². The van der Waals surface area contributed by atoms with Gasteiger partial charge in [0.15, 0.2) is 6.10 Å². The highest BCUT2D eigenvalue weighted by atomic mass is 16.6. The Hall–Kier alpha value is -4.19. The molecule has 0 spiro atoms. The topological polar surface area (TPSA) is 78.9 Å². The lowest BCUT2D eigenvalue weighted by Gasteiger charge is -2.18. The Bertz CT molecular complexity index is 1650. The molecule has 6 heteroatoms. The van der Waals surface area contributed by atoms with E-state index in [9.17, 15) is 14.4 Å². The molecule has 0 bridgehead atoms. The molecule has 0 aromatic carbocycles.